The summed E-state index contributed by atoms with van der Waals surface area (Å²) in [7, 11) is 0. The molecule has 1 aromatic heterocycles. The Morgan fingerprint density at radius 3 is 2.78 bits per heavy atom. The minimum Gasteiger partial charge on any atom is -0.455 e. The molecule has 0 saturated carbocycles. The highest BCUT2D eigenvalue weighted by atomic mass is 32.1. The van der Waals surface area contributed by atoms with Crippen molar-refractivity contribution in [2.75, 3.05) is 13.2 Å². The molecule has 2 aromatic rings. The van der Waals surface area contributed by atoms with Crippen LogP contribution in [0.2, 0.25) is 0 Å². The predicted octanol–water partition coefficient (Wildman–Crippen LogP) is 1.95. The number of rotatable bonds is 6. The number of thiazole rings is 1. The molecule has 0 saturated heterocycles. The van der Waals surface area contributed by atoms with E-state index in [0.29, 0.717) is 5.69 Å². The summed E-state index contributed by atoms with van der Waals surface area (Å²) in [6.45, 7) is 1.80. The van der Waals surface area contributed by atoms with Crippen LogP contribution >= 0.6 is 11.3 Å². The largest absolute Gasteiger partial charge is 0.455 e. The number of aryl methyl sites for hydroxylation is 1. The molecule has 2 rings (SSSR count). The topological polar surface area (TPSA) is 68.3 Å². The van der Waals surface area contributed by atoms with Crippen LogP contribution in [0, 0.1) is 19.3 Å². The molecule has 1 heterocycles. The molecule has 0 fully saturated rings. The van der Waals surface area contributed by atoms with Gasteiger partial charge in [-0.05, 0) is 6.92 Å². The number of aromatic nitrogens is 1. The lowest BCUT2D eigenvalue weighted by Crippen LogP contribution is -2.29. The molecular weight excluding hydrogens is 312 g/mol. The van der Waals surface area contributed by atoms with Crippen LogP contribution in [-0.4, -0.2) is 30.0 Å². The van der Waals surface area contributed by atoms with E-state index in [0.717, 1.165) is 10.6 Å². The van der Waals surface area contributed by atoms with E-state index >= 15 is 0 Å². The Bertz CT molecular complexity index is 729. The number of terminal acetylenes is 1. The third-order valence-electron chi connectivity index (χ3n) is 2.93. The number of ether oxygens (including phenoxy) is 1. The number of hydrogen-bond acceptors (Lipinski definition) is 5. The van der Waals surface area contributed by atoms with Gasteiger partial charge in [0, 0.05) is 10.9 Å². The molecule has 0 radical (unpaired) electrons. The molecule has 0 unspecified atom stereocenters. The molecule has 0 aliphatic rings. The van der Waals surface area contributed by atoms with Gasteiger partial charge in [-0.15, -0.1) is 17.8 Å². The fourth-order valence-electron chi connectivity index (χ4n) is 1.76. The van der Waals surface area contributed by atoms with E-state index in [1.807, 2.05) is 36.6 Å². The van der Waals surface area contributed by atoms with E-state index in [4.69, 9.17) is 11.2 Å². The summed E-state index contributed by atoms with van der Waals surface area (Å²) in [5, 5.41) is 5.08. The maximum atomic E-state index is 11.7. The van der Waals surface area contributed by atoms with Crippen LogP contribution < -0.4 is 5.32 Å². The summed E-state index contributed by atoms with van der Waals surface area (Å²) in [5.74, 6) is 1.35. The number of amides is 1. The Hall–Kier alpha value is -2.65. The molecular formula is C17H16N2O3S. The summed E-state index contributed by atoms with van der Waals surface area (Å²) < 4.78 is 4.88. The van der Waals surface area contributed by atoms with Gasteiger partial charge >= 0.3 is 5.97 Å². The molecule has 0 aliphatic heterocycles. The minimum absolute atomic E-state index is 0.0325. The van der Waals surface area contributed by atoms with Crippen molar-refractivity contribution >= 4 is 23.2 Å². The predicted molar refractivity (Wildman–Crippen MR) is 88.8 cm³/mol. The van der Waals surface area contributed by atoms with Gasteiger partial charge in [0.15, 0.2) is 6.61 Å². The number of carbonyl (C=O) groups is 2. The molecule has 0 aliphatic carbocycles. The molecule has 118 valence electrons. The summed E-state index contributed by atoms with van der Waals surface area (Å²) in [6, 6.07) is 8.01. The Morgan fingerprint density at radius 2 is 2.09 bits per heavy atom. The van der Waals surface area contributed by atoms with Crippen LogP contribution in [0.15, 0.2) is 29.6 Å². The Balaban J connectivity index is 1.86. The molecule has 0 atom stereocenters. The second kappa shape index (κ2) is 8.11. The third kappa shape index (κ3) is 5.24. The molecule has 0 bridgehead atoms. The van der Waals surface area contributed by atoms with Crippen LogP contribution in [0.25, 0.3) is 10.6 Å². The van der Waals surface area contributed by atoms with Crippen LogP contribution in [0.5, 0.6) is 0 Å². The van der Waals surface area contributed by atoms with Crippen molar-refractivity contribution in [3.63, 3.8) is 0 Å². The summed E-state index contributed by atoms with van der Waals surface area (Å²) in [4.78, 5) is 27.4. The highest BCUT2D eigenvalue weighted by Gasteiger charge is 2.11. The maximum absolute atomic E-state index is 11.7. The zero-order valence-corrected chi connectivity index (χ0v) is 13.5. The van der Waals surface area contributed by atoms with E-state index in [9.17, 15) is 9.59 Å². The van der Waals surface area contributed by atoms with Gasteiger partial charge in [0.1, 0.15) is 5.01 Å². The third-order valence-corrected chi connectivity index (χ3v) is 3.87. The first kappa shape index (κ1) is 16.7. The smallest absolute Gasteiger partial charge is 0.312 e. The first-order chi connectivity index (χ1) is 11.1. The summed E-state index contributed by atoms with van der Waals surface area (Å²) >= 11 is 1.47. The second-order valence-electron chi connectivity index (χ2n) is 4.83. The standard InChI is InChI=1S/C17H16N2O3S/c1-3-8-18-15(20)10-22-16(21)9-14-11-23-17(19-14)13-6-4-12(2)5-7-13/h1,4-7,11H,8-10H2,2H3,(H,18,20). The molecule has 1 N–H and O–H groups in total. The van der Waals surface area contributed by atoms with E-state index in [1.165, 1.54) is 16.9 Å². The average molecular weight is 328 g/mol. The zero-order valence-electron chi connectivity index (χ0n) is 12.7. The lowest BCUT2D eigenvalue weighted by atomic mass is 10.2. The van der Waals surface area contributed by atoms with Crippen LogP contribution in [0.4, 0.5) is 0 Å². The van der Waals surface area contributed by atoms with Crippen molar-refractivity contribution in [3.8, 4) is 22.9 Å². The molecule has 1 amide bonds. The lowest BCUT2D eigenvalue weighted by Gasteiger charge is -2.03. The molecule has 1 aromatic carbocycles. The van der Waals surface area contributed by atoms with Crippen molar-refractivity contribution in [1.29, 1.82) is 0 Å². The first-order valence-electron chi connectivity index (χ1n) is 6.95. The molecule has 23 heavy (non-hydrogen) atoms. The van der Waals surface area contributed by atoms with Crippen LogP contribution in [-0.2, 0) is 20.7 Å². The molecule has 5 nitrogen and oxygen atoms in total. The Morgan fingerprint density at radius 1 is 1.35 bits per heavy atom. The van der Waals surface area contributed by atoms with Gasteiger partial charge in [-0.1, -0.05) is 35.7 Å². The fraction of sp³-hybridized carbons (Fsp3) is 0.235. The molecule has 6 heteroatoms. The zero-order chi connectivity index (χ0) is 16.7. The first-order valence-corrected chi connectivity index (χ1v) is 7.83. The summed E-state index contributed by atoms with van der Waals surface area (Å²) in [6.07, 6.45) is 5.05. The van der Waals surface area contributed by atoms with Crippen molar-refractivity contribution in [2.24, 2.45) is 0 Å². The monoisotopic (exact) mass is 328 g/mol. The van der Waals surface area contributed by atoms with Crippen molar-refractivity contribution in [2.45, 2.75) is 13.3 Å². The number of nitrogens with zero attached hydrogens (tertiary/aromatic N) is 1. The Labute approximate surface area is 138 Å². The summed E-state index contributed by atoms with van der Waals surface area (Å²) in [5.41, 5.74) is 2.81. The number of carbonyl (C=O) groups excluding carboxylic acids is 2. The van der Waals surface area contributed by atoms with Gasteiger partial charge < -0.3 is 10.1 Å². The average Bonchev–Trinajstić information content (AvgIpc) is 3.00. The quantitative estimate of drug-likeness (QED) is 0.650. The van der Waals surface area contributed by atoms with E-state index in [2.05, 4.69) is 16.2 Å². The SMILES string of the molecule is C#CCNC(=O)COC(=O)Cc1csc(-c2ccc(C)cc2)n1. The second-order valence-corrected chi connectivity index (χ2v) is 5.69. The van der Waals surface area contributed by atoms with Gasteiger partial charge in [-0.3, -0.25) is 9.59 Å². The minimum atomic E-state index is -0.499. The van der Waals surface area contributed by atoms with Gasteiger partial charge in [-0.25, -0.2) is 4.98 Å². The van der Waals surface area contributed by atoms with Gasteiger partial charge in [0.2, 0.25) is 0 Å². The van der Waals surface area contributed by atoms with Crippen molar-refractivity contribution in [3.05, 3.63) is 40.9 Å². The van der Waals surface area contributed by atoms with Crippen molar-refractivity contribution in [1.82, 2.24) is 10.3 Å². The number of benzene rings is 1. The highest BCUT2D eigenvalue weighted by molar-refractivity contribution is 7.13. The van der Waals surface area contributed by atoms with Gasteiger partial charge in [0.05, 0.1) is 18.7 Å². The lowest BCUT2D eigenvalue weighted by molar-refractivity contribution is -0.147. The van der Waals surface area contributed by atoms with E-state index in [1.54, 1.807) is 0 Å². The number of esters is 1. The van der Waals surface area contributed by atoms with Crippen LogP contribution in [0.1, 0.15) is 11.3 Å². The van der Waals surface area contributed by atoms with E-state index in [-0.39, 0.29) is 19.6 Å². The van der Waals surface area contributed by atoms with Gasteiger partial charge in [-0.2, -0.15) is 0 Å². The maximum Gasteiger partial charge on any atom is 0.312 e. The molecule has 0 spiro atoms. The number of nitrogens with one attached hydrogen (secondary N) is 1. The van der Waals surface area contributed by atoms with Crippen molar-refractivity contribution < 1.29 is 14.3 Å². The van der Waals surface area contributed by atoms with Gasteiger partial charge in [0.25, 0.3) is 5.91 Å². The normalized spacial score (nSPS) is 9.91. The Kier molecular flexibility index (Phi) is 5.89. The fourth-order valence-corrected chi connectivity index (χ4v) is 2.59. The number of hydrogen-bond donors (Lipinski definition) is 1. The highest BCUT2D eigenvalue weighted by Crippen LogP contribution is 2.24. The van der Waals surface area contributed by atoms with E-state index < -0.39 is 11.9 Å². The van der Waals surface area contributed by atoms with Crippen LogP contribution in [0.3, 0.4) is 0 Å².